The molecule has 1 N–H and O–H groups in total. The summed E-state index contributed by atoms with van der Waals surface area (Å²) >= 11 is 1.52. The van der Waals surface area contributed by atoms with Gasteiger partial charge in [0.2, 0.25) is 0 Å². The van der Waals surface area contributed by atoms with E-state index in [4.69, 9.17) is 4.42 Å². The Balaban J connectivity index is 2.10. The van der Waals surface area contributed by atoms with Crippen molar-refractivity contribution >= 4 is 17.7 Å². The molecular formula is C14H22N2O2S. The fourth-order valence-electron chi connectivity index (χ4n) is 2.50. The van der Waals surface area contributed by atoms with E-state index in [1.165, 1.54) is 11.8 Å². The van der Waals surface area contributed by atoms with Gasteiger partial charge in [-0.05, 0) is 50.7 Å². The second kappa shape index (κ2) is 7.01. The van der Waals surface area contributed by atoms with Crippen LogP contribution in [0, 0.1) is 0 Å². The van der Waals surface area contributed by atoms with E-state index in [0.717, 1.165) is 44.0 Å². The Kier molecular flexibility index (Phi) is 5.34. The molecule has 5 heteroatoms. The first-order valence-electron chi connectivity index (χ1n) is 6.91. The first kappa shape index (κ1) is 14.5. The molecule has 0 spiro atoms. The van der Waals surface area contributed by atoms with E-state index in [-0.39, 0.29) is 5.91 Å². The number of carbonyl (C=O) groups is 1. The minimum Gasteiger partial charge on any atom is -0.445 e. The molecule has 19 heavy (non-hydrogen) atoms. The molecule has 1 aromatic rings. The Bertz CT molecular complexity index is 413. The maximum absolute atomic E-state index is 12.6. The van der Waals surface area contributed by atoms with E-state index in [9.17, 15) is 4.79 Å². The number of nitrogens with one attached hydrogen (secondary N) is 1. The van der Waals surface area contributed by atoms with Crippen molar-refractivity contribution in [1.82, 2.24) is 10.2 Å². The summed E-state index contributed by atoms with van der Waals surface area (Å²) in [7, 11) is 0. The van der Waals surface area contributed by atoms with Gasteiger partial charge in [0.15, 0.2) is 10.9 Å². The quantitative estimate of drug-likeness (QED) is 0.843. The Morgan fingerprint density at radius 2 is 2.21 bits per heavy atom. The van der Waals surface area contributed by atoms with E-state index in [1.807, 2.05) is 17.2 Å². The zero-order chi connectivity index (χ0) is 13.7. The first-order chi connectivity index (χ1) is 9.26. The normalized spacial score (nSPS) is 16.5. The molecule has 2 heterocycles. The number of hydrogen-bond acceptors (Lipinski definition) is 4. The van der Waals surface area contributed by atoms with Gasteiger partial charge in [0.25, 0.3) is 5.91 Å². The Morgan fingerprint density at radius 3 is 2.79 bits per heavy atom. The van der Waals surface area contributed by atoms with Gasteiger partial charge >= 0.3 is 0 Å². The lowest BCUT2D eigenvalue weighted by Gasteiger charge is -2.34. The molecule has 106 valence electrons. The molecule has 0 atom stereocenters. The monoisotopic (exact) mass is 282 g/mol. The summed E-state index contributed by atoms with van der Waals surface area (Å²) in [5, 5.41) is 4.14. The van der Waals surface area contributed by atoms with Crippen LogP contribution < -0.4 is 5.32 Å². The number of amides is 1. The number of piperidine rings is 1. The second-order valence-electron chi connectivity index (χ2n) is 4.80. The molecule has 2 rings (SSSR count). The summed E-state index contributed by atoms with van der Waals surface area (Å²) in [4.78, 5) is 14.6. The number of thioether (sulfide) groups is 1. The lowest BCUT2D eigenvalue weighted by atomic mass is 10.0. The van der Waals surface area contributed by atoms with Crippen molar-refractivity contribution in [2.75, 3.05) is 25.9 Å². The van der Waals surface area contributed by atoms with E-state index in [2.05, 4.69) is 12.2 Å². The average molecular weight is 282 g/mol. The van der Waals surface area contributed by atoms with Crippen molar-refractivity contribution < 1.29 is 9.21 Å². The van der Waals surface area contributed by atoms with Crippen LogP contribution in [-0.2, 0) is 0 Å². The SMILES string of the molecule is CCCN(C(=O)c1ccc(SC)o1)C1CCNCC1. The fourth-order valence-corrected chi connectivity index (χ4v) is 2.87. The van der Waals surface area contributed by atoms with Crippen LogP contribution in [0.25, 0.3) is 0 Å². The number of hydrogen-bond donors (Lipinski definition) is 1. The van der Waals surface area contributed by atoms with Crippen molar-refractivity contribution in [1.29, 1.82) is 0 Å². The van der Waals surface area contributed by atoms with E-state index in [1.54, 1.807) is 6.07 Å². The van der Waals surface area contributed by atoms with Crippen molar-refractivity contribution in [3.8, 4) is 0 Å². The first-order valence-corrected chi connectivity index (χ1v) is 8.14. The number of rotatable bonds is 5. The predicted octanol–water partition coefficient (Wildman–Crippen LogP) is 2.61. The van der Waals surface area contributed by atoms with Crippen LogP contribution in [0.4, 0.5) is 0 Å². The van der Waals surface area contributed by atoms with Gasteiger partial charge in [0, 0.05) is 12.6 Å². The molecule has 1 aromatic heterocycles. The van der Waals surface area contributed by atoms with Gasteiger partial charge in [-0.2, -0.15) is 0 Å². The largest absolute Gasteiger partial charge is 0.445 e. The minimum atomic E-state index is 0.0362. The van der Waals surface area contributed by atoms with Crippen LogP contribution in [0.15, 0.2) is 21.6 Å². The van der Waals surface area contributed by atoms with Crippen LogP contribution in [0.5, 0.6) is 0 Å². The summed E-state index contributed by atoms with van der Waals surface area (Å²) in [6.07, 6.45) is 4.99. The smallest absolute Gasteiger partial charge is 0.289 e. The summed E-state index contributed by atoms with van der Waals surface area (Å²) in [6, 6.07) is 4.00. The third-order valence-electron chi connectivity index (χ3n) is 3.47. The third kappa shape index (κ3) is 3.54. The highest BCUT2D eigenvalue weighted by Crippen LogP contribution is 2.21. The molecule has 1 amide bonds. The number of furan rings is 1. The standard InChI is InChI=1S/C14H22N2O2S/c1-3-10-16(11-6-8-15-9-7-11)14(17)12-4-5-13(18-12)19-2/h4-5,11,15H,3,6-10H2,1-2H3. The van der Waals surface area contributed by atoms with Gasteiger partial charge in [-0.25, -0.2) is 0 Å². The summed E-state index contributed by atoms with van der Waals surface area (Å²) in [5.41, 5.74) is 0. The van der Waals surface area contributed by atoms with Crippen molar-refractivity contribution in [2.45, 2.75) is 37.3 Å². The molecule has 0 saturated carbocycles. The third-order valence-corrected chi connectivity index (χ3v) is 4.09. The fraction of sp³-hybridized carbons (Fsp3) is 0.643. The molecular weight excluding hydrogens is 260 g/mol. The molecule has 0 unspecified atom stereocenters. The van der Waals surface area contributed by atoms with Gasteiger partial charge in [0.1, 0.15) is 0 Å². The minimum absolute atomic E-state index is 0.0362. The highest BCUT2D eigenvalue weighted by Gasteiger charge is 2.27. The molecule has 0 aliphatic carbocycles. The van der Waals surface area contributed by atoms with Crippen molar-refractivity contribution in [3.63, 3.8) is 0 Å². The van der Waals surface area contributed by atoms with Crippen LogP contribution in [0.1, 0.15) is 36.7 Å². The average Bonchev–Trinajstić information content (AvgIpc) is 2.94. The molecule has 0 bridgehead atoms. The lowest BCUT2D eigenvalue weighted by Crippen LogP contribution is -2.46. The Labute approximate surface area is 118 Å². The van der Waals surface area contributed by atoms with Gasteiger partial charge in [-0.3, -0.25) is 4.79 Å². The molecule has 4 nitrogen and oxygen atoms in total. The van der Waals surface area contributed by atoms with E-state index >= 15 is 0 Å². The van der Waals surface area contributed by atoms with Crippen LogP contribution in [0.3, 0.4) is 0 Å². The molecule has 1 fully saturated rings. The Morgan fingerprint density at radius 1 is 1.47 bits per heavy atom. The molecule has 0 radical (unpaired) electrons. The number of nitrogens with zero attached hydrogens (tertiary/aromatic N) is 1. The predicted molar refractivity (Wildman–Crippen MR) is 77.7 cm³/mol. The van der Waals surface area contributed by atoms with Crippen LogP contribution >= 0.6 is 11.8 Å². The number of carbonyl (C=O) groups excluding carboxylic acids is 1. The summed E-state index contributed by atoms with van der Waals surface area (Å²) < 4.78 is 5.57. The molecule has 1 aliphatic heterocycles. The van der Waals surface area contributed by atoms with Crippen LogP contribution in [-0.4, -0.2) is 42.7 Å². The Hall–Kier alpha value is -0.940. The zero-order valence-electron chi connectivity index (χ0n) is 11.6. The topological polar surface area (TPSA) is 45.5 Å². The summed E-state index contributed by atoms with van der Waals surface area (Å²) in [6.45, 7) is 4.90. The highest BCUT2D eigenvalue weighted by molar-refractivity contribution is 7.98. The molecule has 0 aromatic carbocycles. The highest BCUT2D eigenvalue weighted by atomic mass is 32.2. The van der Waals surface area contributed by atoms with Gasteiger partial charge < -0.3 is 14.6 Å². The van der Waals surface area contributed by atoms with Crippen molar-refractivity contribution in [3.05, 3.63) is 17.9 Å². The molecule has 1 aliphatic rings. The maximum atomic E-state index is 12.6. The lowest BCUT2D eigenvalue weighted by molar-refractivity contribution is 0.0605. The van der Waals surface area contributed by atoms with Crippen molar-refractivity contribution in [2.24, 2.45) is 0 Å². The molecule has 1 saturated heterocycles. The summed E-state index contributed by atoms with van der Waals surface area (Å²) in [5.74, 6) is 0.505. The maximum Gasteiger partial charge on any atom is 0.289 e. The van der Waals surface area contributed by atoms with Gasteiger partial charge in [-0.15, -0.1) is 0 Å². The van der Waals surface area contributed by atoms with E-state index < -0.39 is 0 Å². The zero-order valence-corrected chi connectivity index (χ0v) is 12.5. The second-order valence-corrected chi connectivity index (χ2v) is 5.61. The van der Waals surface area contributed by atoms with Crippen LogP contribution in [0.2, 0.25) is 0 Å². The van der Waals surface area contributed by atoms with Gasteiger partial charge in [-0.1, -0.05) is 18.7 Å². The van der Waals surface area contributed by atoms with E-state index in [0.29, 0.717) is 11.8 Å². The van der Waals surface area contributed by atoms with Gasteiger partial charge in [0.05, 0.1) is 0 Å².